The van der Waals surface area contributed by atoms with Gasteiger partial charge in [-0.3, -0.25) is 4.55 Å². The van der Waals surface area contributed by atoms with Crippen LogP contribution in [-0.2, 0) is 10.1 Å². The van der Waals surface area contributed by atoms with Crippen LogP contribution < -0.4 is 22.6 Å². The van der Waals surface area contributed by atoms with E-state index in [1.807, 2.05) is 25.1 Å². The third-order valence-corrected chi connectivity index (χ3v) is 4.14. The second-order valence-electron chi connectivity index (χ2n) is 3.62. The number of halogens is 1. The molecule has 0 atom stereocenters. The second-order valence-corrected chi connectivity index (χ2v) is 6.30. The molecule has 0 unspecified atom stereocenters. The summed E-state index contributed by atoms with van der Waals surface area (Å²) in [6.45, 7) is 1.94. The van der Waals surface area contributed by atoms with Crippen molar-refractivity contribution in [2.24, 2.45) is 0 Å². The molecule has 2 rings (SSSR count). The number of benzene rings is 2. The van der Waals surface area contributed by atoms with Crippen LogP contribution in [0.3, 0.4) is 0 Å². The van der Waals surface area contributed by atoms with Crippen LogP contribution in [0, 0.1) is 10.5 Å². The third kappa shape index (κ3) is 2.21. The number of fused-ring (bicyclic) bond motifs is 1. The van der Waals surface area contributed by atoms with E-state index in [1.54, 1.807) is 22.6 Å². The summed E-state index contributed by atoms with van der Waals surface area (Å²) in [4.78, 5) is -0.0502. The van der Waals surface area contributed by atoms with Crippen LogP contribution in [0.2, 0.25) is 0 Å². The predicted molar refractivity (Wildman–Crippen MR) is 58.6 cm³/mol. The Hall–Kier alpha value is -0.660. The normalized spacial score (nSPS) is 11.9. The van der Waals surface area contributed by atoms with Gasteiger partial charge in [0.25, 0.3) is 32.7 Å². The van der Waals surface area contributed by atoms with Crippen molar-refractivity contribution in [3.8, 4) is 0 Å². The molecule has 0 bridgehead atoms. The van der Waals surface area contributed by atoms with E-state index in [-0.39, 0.29) is 4.90 Å². The van der Waals surface area contributed by atoms with Crippen LogP contribution in [0.15, 0.2) is 35.2 Å². The van der Waals surface area contributed by atoms with Gasteiger partial charge in [0.1, 0.15) is 0 Å². The van der Waals surface area contributed by atoms with Crippen molar-refractivity contribution in [2.75, 3.05) is 0 Å². The van der Waals surface area contributed by atoms with Crippen LogP contribution in [0.1, 0.15) is 5.56 Å². The van der Waals surface area contributed by atoms with Gasteiger partial charge in [0.15, 0.2) is 3.57 Å². The van der Waals surface area contributed by atoms with Crippen LogP contribution in [0.25, 0.3) is 10.8 Å². The SMILES string of the molecule is Cc1ccc2c([IH+])cc(S(=O)(=O)O)cc2c1. The van der Waals surface area contributed by atoms with Gasteiger partial charge in [-0.15, -0.1) is 0 Å². The molecule has 0 aromatic heterocycles. The van der Waals surface area contributed by atoms with Crippen molar-refractivity contribution < 1.29 is 35.6 Å². The molecule has 0 aliphatic rings. The molecule has 3 nitrogen and oxygen atoms in total. The first-order valence-electron chi connectivity index (χ1n) is 4.57. The molecular weight excluding hydrogens is 339 g/mol. The lowest BCUT2D eigenvalue weighted by Crippen LogP contribution is -3.34. The molecule has 2 aromatic carbocycles. The first-order valence-corrected chi connectivity index (χ1v) is 7.17. The molecule has 0 aliphatic carbocycles. The van der Waals surface area contributed by atoms with Gasteiger partial charge in [-0.1, -0.05) is 17.7 Å². The van der Waals surface area contributed by atoms with Crippen molar-refractivity contribution in [1.29, 1.82) is 0 Å². The van der Waals surface area contributed by atoms with Crippen LogP contribution in [-0.4, -0.2) is 13.0 Å². The van der Waals surface area contributed by atoms with Gasteiger partial charge in [0, 0.05) is 11.5 Å². The molecule has 16 heavy (non-hydrogen) atoms. The lowest BCUT2D eigenvalue weighted by Gasteiger charge is -2.02. The molecule has 84 valence electrons. The zero-order valence-corrected chi connectivity index (χ0v) is 11.6. The number of rotatable bonds is 1. The van der Waals surface area contributed by atoms with E-state index in [4.69, 9.17) is 4.55 Å². The summed E-state index contributed by atoms with van der Waals surface area (Å²) in [6, 6.07) is 8.81. The minimum Gasteiger partial charge on any atom is -0.282 e. The van der Waals surface area contributed by atoms with E-state index < -0.39 is 10.1 Å². The van der Waals surface area contributed by atoms with Crippen molar-refractivity contribution in [3.63, 3.8) is 0 Å². The fourth-order valence-corrected chi connectivity index (χ4v) is 3.25. The summed E-state index contributed by atoms with van der Waals surface area (Å²) in [5.41, 5.74) is 1.06. The first-order chi connectivity index (χ1) is 7.38. The van der Waals surface area contributed by atoms with Crippen molar-refractivity contribution >= 4 is 20.9 Å². The third-order valence-electron chi connectivity index (χ3n) is 2.34. The highest BCUT2D eigenvalue weighted by atomic mass is 127. The number of hydrogen-bond donors (Lipinski definition) is 1. The van der Waals surface area contributed by atoms with Crippen molar-refractivity contribution in [1.82, 2.24) is 0 Å². The Morgan fingerprint density at radius 1 is 1.19 bits per heavy atom. The Labute approximate surface area is 107 Å². The summed E-state index contributed by atoms with van der Waals surface area (Å²) in [5.74, 6) is 0. The van der Waals surface area contributed by atoms with Gasteiger partial charge in [0.2, 0.25) is 0 Å². The van der Waals surface area contributed by atoms with Gasteiger partial charge in [0.05, 0.1) is 4.90 Å². The minimum atomic E-state index is -4.13. The topological polar surface area (TPSA) is 54.4 Å². The lowest BCUT2D eigenvalue weighted by molar-refractivity contribution is -0.325. The summed E-state index contributed by atoms with van der Waals surface area (Å²) in [6.07, 6.45) is 0. The lowest BCUT2D eigenvalue weighted by atomic mass is 10.1. The monoisotopic (exact) mass is 349 g/mol. The molecule has 0 spiro atoms. The molecule has 0 saturated carbocycles. The quantitative estimate of drug-likeness (QED) is 0.523. The fourth-order valence-electron chi connectivity index (χ4n) is 1.58. The maximum atomic E-state index is 11.1. The van der Waals surface area contributed by atoms with Crippen molar-refractivity contribution in [3.05, 3.63) is 39.5 Å². The van der Waals surface area contributed by atoms with Gasteiger partial charge in [-0.05, 0) is 24.4 Å². The molecule has 0 amide bonds. The molecule has 2 aromatic rings. The Balaban J connectivity index is 2.85. The number of aryl methyl sites for hydroxylation is 1. The van der Waals surface area contributed by atoms with E-state index in [0.29, 0.717) is 0 Å². The molecule has 0 aliphatic heterocycles. The fraction of sp³-hybridized carbons (Fsp3) is 0.0909. The number of hydrogen-bond acceptors (Lipinski definition) is 2. The van der Waals surface area contributed by atoms with Gasteiger partial charge < -0.3 is 0 Å². The van der Waals surface area contributed by atoms with E-state index in [9.17, 15) is 8.42 Å². The molecule has 0 saturated heterocycles. The zero-order valence-electron chi connectivity index (χ0n) is 8.47. The Kier molecular flexibility index (Phi) is 2.93. The minimum absolute atomic E-state index is 0.0502. The standard InChI is InChI=1S/C11H9IO3S/c1-7-2-3-10-8(4-7)5-9(6-11(10)12)16(13,14)15/h2-6,12H,1H3/p+1. The van der Waals surface area contributed by atoms with Crippen LogP contribution in [0.5, 0.6) is 0 Å². The summed E-state index contributed by atoms with van der Waals surface area (Å²) >= 11 is 1.75. The second kappa shape index (κ2) is 3.97. The van der Waals surface area contributed by atoms with E-state index in [2.05, 4.69) is 0 Å². The predicted octanol–water partition coefficient (Wildman–Crippen LogP) is -1.15. The average Bonchev–Trinajstić information content (AvgIpc) is 2.15. The molecule has 1 N–H and O–H groups in total. The molecule has 5 heteroatoms. The Morgan fingerprint density at radius 3 is 2.50 bits per heavy atom. The van der Waals surface area contributed by atoms with E-state index in [0.717, 1.165) is 19.9 Å². The first kappa shape index (κ1) is 11.8. The van der Waals surface area contributed by atoms with Gasteiger partial charge in [-0.25, -0.2) is 0 Å². The highest BCUT2D eigenvalue weighted by Crippen LogP contribution is 2.20. The summed E-state index contributed by atoms with van der Waals surface area (Å²) < 4.78 is 32.0. The molecule has 0 fully saturated rings. The van der Waals surface area contributed by atoms with Crippen LogP contribution in [0.4, 0.5) is 0 Å². The smallest absolute Gasteiger partial charge is 0.282 e. The zero-order chi connectivity index (χ0) is 11.9. The Morgan fingerprint density at radius 2 is 1.88 bits per heavy atom. The average molecular weight is 349 g/mol. The molecule has 0 heterocycles. The highest BCUT2D eigenvalue weighted by molar-refractivity contribution is 7.85. The molecule has 0 radical (unpaired) electrons. The highest BCUT2D eigenvalue weighted by Gasteiger charge is 2.15. The van der Waals surface area contributed by atoms with E-state index >= 15 is 0 Å². The Bertz CT molecular complexity index is 662. The van der Waals surface area contributed by atoms with Crippen LogP contribution >= 0.6 is 0 Å². The maximum absolute atomic E-state index is 11.1. The summed E-state index contributed by atoms with van der Waals surface area (Å²) in [5, 5.41) is 1.83. The van der Waals surface area contributed by atoms with Crippen molar-refractivity contribution in [2.45, 2.75) is 11.8 Å². The maximum Gasteiger partial charge on any atom is 0.297 e. The largest absolute Gasteiger partial charge is 0.297 e. The van der Waals surface area contributed by atoms with E-state index in [1.165, 1.54) is 12.1 Å². The van der Waals surface area contributed by atoms with Gasteiger partial charge >= 0.3 is 0 Å². The molecular formula is C11H10IO3S+. The summed E-state index contributed by atoms with van der Waals surface area (Å²) in [7, 11) is -4.13. The van der Waals surface area contributed by atoms with Gasteiger partial charge in [-0.2, -0.15) is 8.42 Å².